The Hall–Kier alpha value is -1.42. The van der Waals surface area contributed by atoms with Crippen LogP contribution in [-0.2, 0) is 4.74 Å². The molecule has 0 aromatic carbocycles. The molecule has 100 valence electrons. The zero-order valence-electron chi connectivity index (χ0n) is 11.2. The number of hydrogen-bond donors (Lipinski definition) is 0. The van der Waals surface area contributed by atoms with Crippen molar-refractivity contribution in [2.24, 2.45) is 5.11 Å². The Morgan fingerprint density at radius 1 is 1.50 bits per heavy atom. The van der Waals surface area contributed by atoms with Crippen LogP contribution in [0.4, 0.5) is 4.79 Å². The molecule has 0 aromatic rings. The molecule has 0 bridgehead atoms. The lowest BCUT2D eigenvalue weighted by molar-refractivity contribution is -0.00978. The topological polar surface area (TPSA) is 78.3 Å². The summed E-state index contributed by atoms with van der Waals surface area (Å²) in [6, 6.07) is -0.109. The van der Waals surface area contributed by atoms with Gasteiger partial charge in [0.25, 0.3) is 0 Å². The lowest BCUT2D eigenvalue weighted by Gasteiger charge is -2.45. The summed E-state index contributed by atoms with van der Waals surface area (Å²) in [7, 11) is 0. The fourth-order valence-corrected chi connectivity index (χ4v) is 2.81. The first-order chi connectivity index (χ1) is 8.36. The van der Waals surface area contributed by atoms with Gasteiger partial charge in [-0.25, -0.2) is 4.79 Å². The molecule has 6 heteroatoms. The first-order valence-electron chi connectivity index (χ1n) is 6.41. The monoisotopic (exact) mass is 252 g/mol. The van der Waals surface area contributed by atoms with Crippen LogP contribution in [0.5, 0.6) is 0 Å². The Kier molecular flexibility index (Phi) is 3.15. The van der Waals surface area contributed by atoms with Crippen LogP contribution in [0.15, 0.2) is 5.11 Å². The predicted octanol–water partition coefficient (Wildman–Crippen LogP) is 3.23. The summed E-state index contributed by atoms with van der Waals surface area (Å²) in [4.78, 5) is 16.8. The molecule has 6 nitrogen and oxygen atoms in total. The number of amides is 1. The largest absolute Gasteiger partial charge is 0.444 e. The number of hydrogen-bond acceptors (Lipinski definition) is 3. The smallest absolute Gasteiger partial charge is 0.410 e. The molecular formula is C12H20N4O2. The number of likely N-dealkylation sites (tertiary alicyclic amines) is 1. The maximum Gasteiger partial charge on any atom is 0.410 e. The van der Waals surface area contributed by atoms with Crippen molar-refractivity contribution in [1.82, 2.24) is 4.90 Å². The Bertz CT molecular complexity index is 391. The number of ether oxygens (including phenoxy) is 1. The van der Waals surface area contributed by atoms with E-state index in [9.17, 15) is 4.79 Å². The highest BCUT2D eigenvalue weighted by molar-refractivity contribution is 5.70. The number of nitrogens with zero attached hydrogens (tertiary/aromatic N) is 4. The third-order valence-electron chi connectivity index (χ3n) is 3.69. The molecule has 0 radical (unpaired) electrons. The van der Waals surface area contributed by atoms with Crippen LogP contribution in [0.1, 0.15) is 46.5 Å². The van der Waals surface area contributed by atoms with Crippen molar-refractivity contribution in [2.45, 2.75) is 63.6 Å². The second-order valence-corrected chi connectivity index (χ2v) is 6.23. The molecule has 0 N–H and O–H groups in total. The van der Waals surface area contributed by atoms with E-state index >= 15 is 0 Å². The van der Waals surface area contributed by atoms with Gasteiger partial charge in [0.2, 0.25) is 0 Å². The average Bonchev–Trinajstić information content (AvgIpc) is 2.55. The molecule has 1 saturated carbocycles. The minimum Gasteiger partial charge on any atom is -0.444 e. The summed E-state index contributed by atoms with van der Waals surface area (Å²) >= 11 is 0. The first-order valence-corrected chi connectivity index (χ1v) is 6.41. The Morgan fingerprint density at radius 3 is 2.61 bits per heavy atom. The maximum atomic E-state index is 12.2. The van der Waals surface area contributed by atoms with E-state index in [-0.39, 0.29) is 17.7 Å². The van der Waals surface area contributed by atoms with Crippen molar-refractivity contribution in [1.29, 1.82) is 0 Å². The highest BCUT2D eigenvalue weighted by atomic mass is 16.6. The molecule has 1 saturated heterocycles. The molecule has 1 atom stereocenters. The summed E-state index contributed by atoms with van der Waals surface area (Å²) in [6.45, 7) is 6.07. The standard InChI is InChI=1S/C12H20N4O2/c1-11(2,3)18-10(17)16-8-9(14-15-13)7-12(16)5-4-6-12/h9H,4-8H2,1-3H3. The molecule has 2 rings (SSSR count). The van der Waals surface area contributed by atoms with Crippen molar-refractivity contribution in [3.8, 4) is 0 Å². The zero-order chi connectivity index (χ0) is 13.4. The molecule has 1 spiro atoms. The molecule has 1 aliphatic heterocycles. The maximum absolute atomic E-state index is 12.2. The van der Waals surface area contributed by atoms with Crippen LogP contribution in [0, 0.1) is 0 Å². The van der Waals surface area contributed by atoms with Gasteiger partial charge >= 0.3 is 6.09 Å². The molecule has 1 amide bonds. The molecular weight excluding hydrogens is 232 g/mol. The van der Waals surface area contributed by atoms with E-state index in [0.29, 0.717) is 6.54 Å². The van der Waals surface area contributed by atoms with Gasteiger partial charge in [0.15, 0.2) is 0 Å². The van der Waals surface area contributed by atoms with E-state index in [4.69, 9.17) is 10.3 Å². The van der Waals surface area contributed by atoms with E-state index in [2.05, 4.69) is 10.0 Å². The molecule has 2 fully saturated rings. The number of azide groups is 1. The molecule has 0 aromatic heterocycles. The fourth-order valence-electron chi connectivity index (χ4n) is 2.81. The molecule has 18 heavy (non-hydrogen) atoms. The predicted molar refractivity (Wildman–Crippen MR) is 67.1 cm³/mol. The summed E-state index contributed by atoms with van der Waals surface area (Å²) in [6.07, 6.45) is 3.60. The van der Waals surface area contributed by atoms with E-state index in [1.807, 2.05) is 20.8 Å². The van der Waals surface area contributed by atoms with E-state index in [0.717, 1.165) is 25.7 Å². The van der Waals surface area contributed by atoms with E-state index in [1.54, 1.807) is 4.90 Å². The van der Waals surface area contributed by atoms with Crippen LogP contribution in [0.3, 0.4) is 0 Å². The van der Waals surface area contributed by atoms with Gasteiger partial charge in [-0.1, -0.05) is 5.11 Å². The Labute approximate surface area is 107 Å². The Morgan fingerprint density at radius 2 is 2.17 bits per heavy atom. The summed E-state index contributed by atoms with van der Waals surface area (Å²) in [5.74, 6) is 0. The van der Waals surface area contributed by atoms with E-state index in [1.165, 1.54) is 0 Å². The van der Waals surface area contributed by atoms with Crippen molar-refractivity contribution < 1.29 is 9.53 Å². The zero-order valence-corrected chi connectivity index (χ0v) is 11.2. The van der Waals surface area contributed by atoms with Gasteiger partial charge < -0.3 is 9.64 Å². The highest BCUT2D eigenvalue weighted by Gasteiger charge is 2.52. The third kappa shape index (κ3) is 2.38. The lowest BCUT2D eigenvalue weighted by Crippen LogP contribution is -2.53. The molecule has 2 aliphatic rings. The summed E-state index contributed by atoms with van der Waals surface area (Å²) in [5.41, 5.74) is 7.93. The second-order valence-electron chi connectivity index (χ2n) is 6.23. The fraction of sp³-hybridized carbons (Fsp3) is 0.917. The highest BCUT2D eigenvalue weighted by Crippen LogP contribution is 2.46. The van der Waals surface area contributed by atoms with Crippen molar-refractivity contribution >= 4 is 6.09 Å². The quantitative estimate of drug-likeness (QED) is 0.408. The third-order valence-corrected chi connectivity index (χ3v) is 3.69. The van der Waals surface area contributed by atoms with Crippen LogP contribution in [-0.4, -0.2) is 34.7 Å². The average molecular weight is 252 g/mol. The van der Waals surface area contributed by atoms with Crippen LogP contribution in [0.2, 0.25) is 0 Å². The number of carbonyl (C=O) groups excluding carboxylic acids is 1. The van der Waals surface area contributed by atoms with Gasteiger partial charge in [0.1, 0.15) is 5.60 Å². The lowest BCUT2D eigenvalue weighted by atomic mass is 9.74. The van der Waals surface area contributed by atoms with Gasteiger partial charge in [-0.05, 0) is 52.0 Å². The molecule has 1 unspecified atom stereocenters. The SMILES string of the molecule is CC(C)(C)OC(=O)N1CC(N=[N+]=[N-])CC12CCC2. The summed E-state index contributed by atoms with van der Waals surface area (Å²) in [5, 5.41) is 3.76. The van der Waals surface area contributed by atoms with Crippen molar-refractivity contribution in [3.05, 3.63) is 10.4 Å². The van der Waals surface area contributed by atoms with Crippen LogP contribution < -0.4 is 0 Å². The molecule has 1 heterocycles. The van der Waals surface area contributed by atoms with Crippen LogP contribution >= 0.6 is 0 Å². The van der Waals surface area contributed by atoms with Gasteiger partial charge in [0, 0.05) is 17.0 Å². The number of carbonyl (C=O) groups is 1. The van der Waals surface area contributed by atoms with Crippen molar-refractivity contribution in [3.63, 3.8) is 0 Å². The summed E-state index contributed by atoms with van der Waals surface area (Å²) < 4.78 is 5.43. The minimum atomic E-state index is -0.487. The van der Waals surface area contributed by atoms with E-state index < -0.39 is 5.60 Å². The second kappa shape index (κ2) is 4.35. The first kappa shape index (κ1) is 13.0. The van der Waals surface area contributed by atoms with Crippen LogP contribution in [0.25, 0.3) is 10.4 Å². The van der Waals surface area contributed by atoms with Crippen molar-refractivity contribution in [2.75, 3.05) is 6.54 Å². The number of rotatable bonds is 1. The minimum absolute atomic E-state index is 0.109. The molecule has 1 aliphatic carbocycles. The van der Waals surface area contributed by atoms with Gasteiger partial charge in [-0.2, -0.15) is 0 Å². The Balaban J connectivity index is 2.10. The normalized spacial score (nSPS) is 25.5. The van der Waals surface area contributed by atoms with Gasteiger partial charge in [-0.15, -0.1) is 0 Å². The van der Waals surface area contributed by atoms with Gasteiger partial charge in [0.05, 0.1) is 6.04 Å². The van der Waals surface area contributed by atoms with Gasteiger partial charge in [-0.3, -0.25) is 0 Å².